The van der Waals surface area contributed by atoms with Crippen LogP contribution in [0.3, 0.4) is 0 Å². The average molecular weight is 605 g/mol. The Kier molecular flexibility index (Phi) is 13.3. The van der Waals surface area contributed by atoms with Crippen LogP contribution in [0.5, 0.6) is 11.5 Å². The van der Waals surface area contributed by atoms with E-state index in [-0.39, 0.29) is 30.0 Å². The molecule has 4 atom stereocenters. The molecule has 0 N–H and O–H groups in total. The molecular weight excluding hydrogens is 552 g/mol. The Bertz CT molecular complexity index is 1260. The number of methoxy groups -OCH3 is 2. The summed E-state index contributed by atoms with van der Waals surface area (Å²) in [4.78, 5) is 12.9. The van der Waals surface area contributed by atoms with Crippen LogP contribution in [-0.2, 0) is 26.9 Å². The Balaban J connectivity index is 1.81. The lowest BCUT2D eigenvalue weighted by molar-refractivity contribution is -0.148. The van der Waals surface area contributed by atoms with Crippen molar-refractivity contribution >= 4 is 14.0 Å². The molecule has 0 amide bonds. The zero-order valence-corrected chi connectivity index (χ0v) is 28.5. The van der Waals surface area contributed by atoms with E-state index in [4.69, 9.17) is 18.9 Å². The lowest BCUT2D eigenvalue weighted by atomic mass is 9.93. The van der Waals surface area contributed by atoms with Crippen LogP contribution in [0.15, 0.2) is 83.6 Å². The second-order valence-electron chi connectivity index (χ2n) is 12.6. The number of hydrogen-bond acceptors (Lipinski definition) is 5. The Morgan fingerprint density at radius 1 is 1.02 bits per heavy atom. The first-order valence-electron chi connectivity index (χ1n) is 15.7. The number of carbonyl (C=O) groups is 1. The van der Waals surface area contributed by atoms with Crippen molar-refractivity contribution in [1.82, 2.24) is 0 Å². The molecule has 0 saturated heterocycles. The maximum absolute atomic E-state index is 12.9. The summed E-state index contributed by atoms with van der Waals surface area (Å²) in [5.74, 6) is 1.44. The van der Waals surface area contributed by atoms with E-state index >= 15 is 0 Å². The third-order valence-corrected chi connectivity index (χ3v) is 11.6. The zero-order valence-electron chi connectivity index (χ0n) is 27.5. The van der Waals surface area contributed by atoms with Crippen molar-refractivity contribution in [3.8, 4) is 11.5 Å². The number of cyclic esters (lactones) is 1. The molecule has 1 aliphatic rings. The fourth-order valence-electron chi connectivity index (χ4n) is 5.64. The van der Waals surface area contributed by atoms with Crippen molar-refractivity contribution in [3.63, 3.8) is 0 Å². The van der Waals surface area contributed by atoms with Crippen LogP contribution < -0.4 is 9.47 Å². The summed E-state index contributed by atoms with van der Waals surface area (Å²) in [6.45, 7) is 13.9. The SMILES string of the molecule is COc1ccc(CO[C@H](C)[C@@H](C)/C=C(\C)[C@@H]2OC(=O)CCCC/C=C/C([Si](C)(C)Cc3ccccc3)=C\[C@@H]2C)cc1OC. The van der Waals surface area contributed by atoms with Gasteiger partial charge in [0.15, 0.2) is 11.5 Å². The first-order valence-corrected chi connectivity index (χ1v) is 18.9. The lowest BCUT2D eigenvalue weighted by Crippen LogP contribution is -2.34. The van der Waals surface area contributed by atoms with E-state index in [1.54, 1.807) is 14.2 Å². The highest BCUT2D eigenvalue weighted by molar-refractivity contribution is 6.84. The number of hydrogen-bond donors (Lipinski definition) is 0. The molecule has 0 spiro atoms. The van der Waals surface area contributed by atoms with Crippen LogP contribution in [0.4, 0.5) is 0 Å². The Hall–Kier alpha value is -3.09. The minimum Gasteiger partial charge on any atom is -0.493 e. The van der Waals surface area contributed by atoms with E-state index in [0.717, 1.165) is 36.4 Å². The van der Waals surface area contributed by atoms with Gasteiger partial charge in [0, 0.05) is 18.3 Å². The van der Waals surface area contributed by atoms with Gasteiger partial charge < -0.3 is 18.9 Å². The van der Waals surface area contributed by atoms with Crippen LogP contribution in [0.25, 0.3) is 0 Å². The molecule has 234 valence electrons. The average Bonchev–Trinajstić information content (AvgIpc) is 2.98. The molecule has 0 aliphatic carbocycles. The topological polar surface area (TPSA) is 54.0 Å². The molecule has 1 heterocycles. The quantitative estimate of drug-likeness (QED) is 0.146. The van der Waals surface area contributed by atoms with E-state index in [2.05, 4.69) is 95.4 Å². The van der Waals surface area contributed by atoms with E-state index in [1.807, 2.05) is 18.2 Å². The number of carbonyl (C=O) groups excluding carboxylic acids is 1. The predicted octanol–water partition coefficient (Wildman–Crippen LogP) is 8.83. The number of ether oxygens (including phenoxy) is 4. The maximum atomic E-state index is 12.9. The van der Waals surface area contributed by atoms with Gasteiger partial charge in [-0.1, -0.05) is 98.4 Å². The smallest absolute Gasteiger partial charge is 0.306 e. The third kappa shape index (κ3) is 10.5. The first-order chi connectivity index (χ1) is 20.5. The first kappa shape index (κ1) is 34.4. The van der Waals surface area contributed by atoms with Gasteiger partial charge in [-0.3, -0.25) is 4.79 Å². The molecule has 0 saturated carbocycles. The number of benzene rings is 2. The molecule has 0 bridgehead atoms. The Labute approximate surface area is 261 Å². The summed E-state index contributed by atoms with van der Waals surface area (Å²) in [5, 5.41) is 1.41. The van der Waals surface area contributed by atoms with Gasteiger partial charge in [-0.25, -0.2) is 0 Å². The molecule has 2 aromatic carbocycles. The van der Waals surface area contributed by atoms with Crippen LogP contribution in [-0.4, -0.2) is 40.5 Å². The normalized spacial score (nSPS) is 22.2. The van der Waals surface area contributed by atoms with Crippen molar-refractivity contribution in [2.75, 3.05) is 14.2 Å². The van der Waals surface area contributed by atoms with Gasteiger partial charge in [0.05, 0.1) is 35.0 Å². The summed E-state index contributed by atoms with van der Waals surface area (Å²) in [6, 6.07) is 17.7. The minimum atomic E-state index is -1.82. The van der Waals surface area contributed by atoms with Crippen molar-refractivity contribution < 1.29 is 23.7 Å². The molecule has 0 aromatic heterocycles. The summed E-state index contributed by atoms with van der Waals surface area (Å²) < 4.78 is 23.3. The number of rotatable bonds is 11. The molecular formula is C37H52O5Si. The molecule has 0 fully saturated rings. The standard InChI is InChI=1S/C37H52O5Si/c1-27(30(4)41-25-32-20-21-34(39-5)35(24-32)40-6)22-28(2)37-29(3)23-33(18-14-9-10-15-19-36(38)42-37)43(7,8)26-31-16-12-11-13-17-31/h11-14,16-18,20-24,27,29-30,37H,9-10,15,19,25-26H2,1-8H3/b18-14+,28-22+,33-23+/t27-,29-,30+,37-/m0/s1. The lowest BCUT2D eigenvalue weighted by Gasteiger charge is -2.29. The summed E-state index contributed by atoms with van der Waals surface area (Å²) in [5.41, 5.74) is 3.46. The van der Waals surface area contributed by atoms with Crippen molar-refractivity contribution in [2.24, 2.45) is 11.8 Å². The van der Waals surface area contributed by atoms with E-state index in [0.29, 0.717) is 24.5 Å². The van der Waals surface area contributed by atoms with Gasteiger partial charge in [0.25, 0.3) is 0 Å². The Morgan fingerprint density at radius 3 is 2.44 bits per heavy atom. The van der Waals surface area contributed by atoms with Gasteiger partial charge in [-0.05, 0) is 62.4 Å². The zero-order chi connectivity index (χ0) is 31.4. The summed E-state index contributed by atoms with van der Waals surface area (Å²) >= 11 is 0. The summed E-state index contributed by atoms with van der Waals surface area (Å²) in [7, 11) is 1.45. The molecule has 2 aromatic rings. The van der Waals surface area contributed by atoms with Crippen LogP contribution in [0.1, 0.15) is 64.5 Å². The molecule has 6 heteroatoms. The van der Waals surface area contributed by atoms with Gasteiger partial charge in [0.2, 0.25) is 0 Å². The van der Waals surface area contributed by atoms with Gasteiger partial charge >= 0.3 is 5.97 Å². The van der Waals surface area contributed by atoms with E-state index < -0.39 is 8.07 Å². The fraction of sp³-hybridized carbons (Fsp3) is 0.486. The number of esters is 1. The van der Waals surface area contributed by atoms with E-state index in [9.17, 15) is 4.79 Å². The largest absolute Gasteiger partial charge is 0.493 e. The van der Waals surface area contributed by atoms with Gasteiger partial charge in [-0.2, -0.15) is 0 Å². The maximum Gasteiger partial charge on any atom is 0.306 e. The van der Waals surface area contributed by atoms with Crippen LogP contribution in [0, 0.1) is 11.8 Å². The molecule has 0 radical (unpaired) electrons. The second-order valence-corrected chi connectivity index (χ2v) is 17.3. The molecule has 43 heavy (non-hydrogen) atoms. The second kappa shape index (κ2) is 16.7. The molecule has 5 nitrogen and oxygen atoms in total. The number of allylic oxidation sites excluding steroid dienone is 3. The van der Waals surface area contributed by atoms with E-state index in [1.165, 1.54) is 10.8 Å². The van der Waals surface area contributed by atoms with Crippen molar-refractivity contribution in [3.05, 3.63) is 94.7 Å². The Morgan fingerprint density at radius 2 is 1.74 bits per heavy atom. The molecule has 0 unspecified atom stereocenters. The molecule has 3 rings (SSSR count). The molecule has 1 aliphatic heterocycles. The highest BCUT2D eigenvalue weighted by atomic mass is 28.3. The van der Waals surface area contributed by atoms with Gasteiger partial charge in [-0.15, -0.1) is 0 Å². The fourth-order valence-corrected chi connectivity index (χ4v) is 8.38. The third-order valence-electron chi connectivity index (χ3n) is 8.42. The minimum absolute atomic E-state index is 0.0356. The summed E-state index contributed by atoms with van der Waals surface area (Å²) in [6.07, 6.45) is 12.2. The van der Waals surface area contributed by atoms with Crippen molar-refractivity contribution in [1.29, 1.82) is 0 Å². The highest BCUT2D eigenvalue weighted by Crippen LogP contribution is 2.30. The van der Waals surface area contributed by atoms with Crippen LogP contribution >= 0.6 is 0 Å². The highest BCUT2D eigenvalue weighted by Gasteiger charge is 2.29. The monoisotopic (exact) mass is 604 g/mol. The van der Waals surface area contributed by atoms with Gasteiger partial charge in [0.1, 0.15) is 6.10 Å². The predicted molar refractivity (Wildman–Crippen MR) is 179 cm³/mol. The van der Waals surface area contributed by atoms with Crippen molar-refractivity contribution in [2.45, 2.75) is 91.3 Å². The van der Waals surface area contributed by atoms with Crippen LogP contribution in [0.2, 0.25) is 13.1 Å².